The van der Waals surface area contributed by atoms with Gasteiger partial charge in [-0.2, -0.15) is 9.29 Å². The number of amides is 1. The van der Waals surface area contributed by atoms with Crippen molar-refractivity contribution in [1.82, 2.24) is 14.3 Å². The highest BCUT2D eigenvalue weighted by atomic mass is 32.2. The molecule has 1 unspecified atom stereocenters. The molecule has 3 rings (SSSR count). The molecule has 28 heavy (non-hydrogen) atoms. The summed E-state index contributed by atoms with van der Waals surface area (Å²) in [7, 11) is -2.21. The molecule has 1 aromatic carbocycles. The number of sulfonamides is 1. The molecule has 2 N–H and O–H groups in total. The number of nitrogens with zero attached hydrogens (tertiary/aromatic N) is 3. The first kappa shape index (κ1) is 19.8. The van der Waals surface area contributed by atoms with Crippen molar-refractivity contribution in [3.8, 4) is 17.5 Å². The molecule has 0 saturated carbocycles. The fourth-order valence-electron chi connectivity index (χ4n) is 2.68. The van der Waals surface area contributed by atoms with Crippen molar-refractivity contribution in [2.45, 2.75) is 17.4 Å². The quantitative estimate of drug-likeness (QED) is 0.654. The first-order valence-corrected chi connectivity index (χ1v) is 9.86. The Morgan fingerprint density at radius 1 is 1.25 bits per heavy atom. The van der Waals surface area contributed by atoms with E-state index in [4.69, 9.17) is 19.9 Å². The molecular weight excluding hydrogens is 388 g/mol. The van der Waals surface area contributed by atoms with Gasteiger partial charge in [-0.05, 0) is 30.7 Å². The number of ether oxygens (including phenoxy) is 3. The molecule has 0 aliphatic carbocycles. The van der Waals surface area contributed by atoms with E-state index < -0.39 is 15.9 Å². The Bertz CT molecular complexity index is 935. The first-order valence-electron chi connectivity index (χ1n) is 8.42. The Balaban J connectivity index is 1.63. The highest BCUT2D eigenvalue weighted by Crippen LogP contribution is 2.25. The topological polar surface area (TPSA) is 134 Å². The van der Waals surface area contributed by atoms with Gasteiger partial charge in [-0.1, -0.05) is 0 Å². The summed E-state index contributed by atoms with van der Waals surface area (Å²) < 4.78 is 42.8. The lowest BCUT2D eigenvalue weighted by molar-refractivity contribution is -0.119. The van der Waals surface area contributed by atoms with Crippen molar-refractivity contribution in [3.05, 3.63) is 36.7 Å². The van der Waals surface area contributed by atoms with Crippen LogP contribution in [0.2, 0.25) is 0 Å². The van der Waals surface area contributed by atoms with Crippen LogP contribution in [-0.4, -0.2) is 61.5 Å². The Hall–Kier alpha value is -2.92. The average Bonchev–Trinajstić information content (AvgIpc) is 3.16. The van der Waals surface area contributed by atoms with Gasteiger partial charge in [0.2, 0.25) is 21.8 Å². The number of nitrogens with two attached hydrogens (primary N) is 1. The molecule has 0 spiro atoms. The number of carbonyl (C=O) groups excluding carboxylic acids is 1. The maximum atomic E-state index is 12.8. The van der Waals surface area contributed by atoms with Crippen LogP contribution in [0.4, 0.5) is 0 Å². The van der Waals surface area contributed by atoms with E-state index in [-0.39, 0.29) is 30.0 Å². The van der Waals surface area contributed by atoms with Gasteiger partial charge in [-0.25, -0.2) is 8.42 Å². The van der Waals surface area contributed by atoms with Gasteiger partial charge in [0.05, 0.1) is 30.9 Å². The number of rotatable bonds is 8. The van der Waals surface area contributed by atoms with E-state index in [9.17, 15) is 13.2 Å². The van der Waals surface area contributed by atoms with Gasteiger partial charge in [-0.3, -0.25) is 9.78 Å². The monoisotopic (exact) mass is 408 g/mol. The third-order valence-corrected chi connectivity index (χ3v) is 5.92. The molecule has 2 heterocycles. The molecule has 1 atom stereocenters. The second-order valence-electron chi connectivity index (χ2n) is 6.02. The van der Waals surface area contributed by atoms with Crippen molar-refractivity contribution in [2.75, 3.05) is 26.8 Å². The molecule has 11 heteroatoms. The summed E-state index contributed by atoms with van der Waals surface area (Å²) in [6, 6.07) is 5.80. The maximum Gasteiger partial charge on any atom is 0.255 e. The molecule has 1 aliphatic rings. The number of methoxy groups -OCH3 is 1. The maximum absolute atomic E-state index is 12.8. The lowest BCUT2D eigenvalue weighted by Crippen LogP contribution is -2.31. The summed E-state index contributed by atoms with van der Waals surface area (Å²) in [5.74, 6) is 0.343. The van der Waals surface area contributed by atoms with Crippen molar-refractivity contribution in [2.24, 2.45) is 5.73 Å². The molecule has 1 aliphatic heterocycles. The Morgan fingerprint density at radius 2 is 1.96 bits per heavy atom. The summed E-state index contributed by atoms with van der Waals surface area (Å²) >= 11 is 0. The smallest absolute Gasteiger partial charge is 0.255 e. The summed E-state index contributed by atoms with van der Waals surface area (Å²) in [5.41, 5.74) is 5.01. The van der Waals surface area contributed by atoms with Crippen LogP contribution in [0.3, 0.4) is 0 Å². The second kappa shape index (κ2) is 8.40. The molecule has 1 fully saturated rings. The van der Waals surface area contributed by atoms with E-state index in [1.54, 1.807) is 0 Å². The molecule has 0 radical (unpaired) electrons. The van der Waals surface area contributed by atoms with Gasteiger partial charge in [0.15, 0.2) is 6.61 Å². The zero-order valence-electron chi connectivity index (χ0n) is 15.1. The van der Waals surface area contributed by atoms with Crippen molar-refractivity contribution in [1.29, 1.82) is 0 Å². The lowest BCUT2D eigenvalue weighted by atomic mass is 10.3. The molecule has 2 aromatic rings. The molecule has 0 bridgehead atoms. The standard InChI is InChI=1S/C17H20N4O6S/c1-25-16-8-19-9-17(20-16)27-13-6-7-21(10-13)28(23,24)14-4-2-12(3-5-14)26-11-15(18)22/h2-5,8-9,13H,6-7,10-11H2,1H3,(H2,18,22). The van der Waals surface area contributed by atoms with E-state index in [1.165, 1.54) is 48.1 Å². The van der Waals surface area contributed by atoms with Crippen molar-refractivity contribution >= 4 is 15.9 Å². The van der Waals surface area contributed by atoms with Gasteiger partial charge in [-0.15, -0.1) is 0 Å². The van der Waals surface area contributed by atoms with Crippen LogP contribution in [0.15, 0.2) is 41.6 Å². The molecule has 1 saturated heterocycles. The molecule has 10 nitrogen and oxygen atoms in total. The molecule has 1 amide bonds. The predicted octanol–water partition coefficient (Wildman–Crippen LogP) is 0.191. The van der Waals surface area contributed by atoms with Crippen LogP contribution in [0.25, 0.3) is 0 Å². The van der Waals surface area contributed by atoms with Crippen LogP contribution in [0.5, 0.6) is 17.5 Å². The fraction of sp³-hybridized carbons (Fsp3) is 0.353. The normalized spacial score (nSPS) is 17.2. The minimum Gasteiger partial charge on any atom is -0.484 e. The van der Waals surface area contributed by atoms with Gasteiger partial charge < -0.3 is 19.9 Å². The third kappa shape index (κ3) is 4.67. The van der Waals surface area contributed by atoms with Crippen LogP contribution >= 0.6 is 0 Å². The second-order valence-corrected chi connectivity index (χ2v) is 7.96. The average molecular weight is 408 g/mol. The van der Waals surface area contributed by atoms with Gasteiger partial charge in [0, 0.05) is 6.54 Å². The fourth-order valence-corrected chi connectivity index (χ4v) is 4.17. The SMILES string of the molecule is COc1cncc(OC2CCN(S(=O)(=O)c3ccc(OCC(N)=O)cc3)C2)n1. The number of hydrogen-bond acceptors (Lipinski definition) is 8. The zero-order valence-corrected chi connectivity index (χ0v) is 16.0. The Morgan fingerprint density at radius 3 is 2.64 bits per heavy atom. The zero-order chi connectivity index (χ0) is 20.1. The highest BCUT2D eigenvalue weighted by molar-refractivity contribution is 7.89. The van der Waals surface area contributed by atoms with Crippen LogP contribution in [0.1, 0.15) is 6.42 Å². The summed E-state index contributed by atoms with van der Waals surface area (Å²) in [6.07, 6.45) is 3.09. The summed E-state index contributed by atoms with van der Waals surface area (Å²) in [4.78, 5) is 18.9. The van der Waals surface area contributed by atoms with Crippen molar-refractivity contribution in [3.63, 3.8) is 0 Å². The number of benzene rings is 1. The van der Waals surface area contributed by atoms with E-state index >= 15 is 0 Å². The predicted molar refractivity (Wildman–Crippen MR) is 97.5 cm³/mol. The summed E-state index contributed by atoms with van der Waals surface area (Å²) in [5, 5.41) is 0. The summed E-state index contributed by atoms with van der Waals surface area (Å²) in [6.45, 7) is 0.246. The number of primary amides is 1. The van der Waals surface area contributed by atoms with E-state index in [0.29, 0.717) is 24.6 Å². The van der Waals surface area contributed by atoms with Crippen molar-refractivity contribution < 1.29 is 27.4 Å². The van der Waals surface area contributed by atoms with Crippen LogP contribution in [0, 0.1) is 0 Å². The molecule has 1 aromatic heterocycles. The van der Waals surface area contributed by atoms with E-state index in [2.05, 4.69) is 9.97 Å². The van der Waals surface area contributed by atoms with Crippen LogP contribution in [-0.2, 0) is 14.8 Å². The van der Waals surface area contributed by atoms with E-state index in [1.807, 2.05) is 0 Å². The first-order chi connectivity index (χ1) is 13.4. The minimum absolute atomic E-state index is 0.126. The Kier molecular flexibility index (Phi) is 5.95. The van der Waals surface area contributed by atoms with Gasteiger partial charge >= 0.3 is 0 Å². The molecule has 150 valence electrons. The minimum atomic E-state index is -3.68. The largest absolute Gasteiger partial charge is 0.484 e. The van der Waals surface area contributed by atoms with Gasteiger partial charge in [0.25, 0.3) is 5.91 Å². The highest BCUT2D eigenvalue weighted by Gasteiger charge is 2.34. The van der Waals surface area contributed by atoms with E-state index in [0.717, 1.165) is 0 Å². The number of aromatic nitrogens is 2. The van der Waals surface area contributed by atoms with Crippen LogP contribution < -0.4 is 19.9 Å². The molecular formula is C17H20N4O6S. The Labute approximate surface area is 162 Å². The third-order valence-electron chi connectivity index (χ3n) is 4.04. The number of hydrogen-bond donors (Lipinski definition) is 1. The lowest BCUT2D eigenvalue weighted by Gasteiger charge is -2.17. The van der Waals surface area contributed by atoms with Gasteiger partial charge in [0.1, 0.15) is 11.9 Å². The number of carbonyl (C=O) groups is 1.